The van der Waals surface area contributed by atoms with E-state index in [1.807, 2.05) is 6.92 Å². The molecule has 1 aliphatic heterocycles. The van der Waals surface area contributed by atoms with E-state index in [4.69, 9.17) is 4.52 Å². The SMILES string of the molecule is CCn1nc(C)c(CN[C@H]2CCCN(Cc3noc(C)n3)C2)c1C. The third-order valence-electron chi connectivity index (χ3n) is 4.84. The van der Waals surface area contributed by atoms with Crippen LogP contribution in [0.15, 0.2) is 4.52 Å². The summed E-state index contributed by atoms with van der Waals surface area (Å²) in [6.45, 7) is 12.9. The molecular formula is C17H28N6O. The van der Waals surface area contributed by atoms with Crippen molar-refractivity contribution in [3.8, 4) is 0 Å². The van der Waals surface area contributed by atoms with Gasteiger partial charge < -0.3 is 9.84 Å². The lowest BCUT2D eigenvalue weighted by molar-refractivity contribution is 0.177. The van der Waals surface area contributed by atoms with Crippen molar-refractivity contribution in [3.63, 3.8) is 0 Å². The van der Waals surface area contributed by atoms with Crippen LogP contribution in [-0.2, 0) is 19.6 Å². The minimum Gasteiger partial charge on any atom is -0.340 e. The predicted octanol–water partition coefficient (Wildman–Crippen LogP) is 1.97. The van der Waals surface area contributed by atoms with Gasteiger partial charge >= 0.3 is 0 Å². The fourth-order valence-corrected chi connectivity index (χ4v) is 3.52. The average molecular weight is 332 g/mol. The molecule has 1 atom stereocenters. The molecule has 0 bridgehead atoms. The zero-order valence-corrected chi connectivity index (χ0v) is 15.2. The first-order chi connectivity index (χ1) is 11.6. The Morgan fingerprint density at radius 1 is 1.29 bits per heavy atom. The second kappa shape index (κ2) is 7.44. The number of nitrogens with one attached hydrogen (secondary N) is 1. The Morgan fingerprint density at radius 3 is 2.79 bits per heavy atom. The third kappa shape index (κ3) is 3.84. The summed E-state index contributed by atoms with van der Waals surface area (Å²) in [5, 5.41) is 12.3. The molecule has 7 nitrogen and oxygen atoms in total. The maximum atomic E-state index is 5.06. The van der Waals surface area contributed by atoms with Crippen LogP contribution in [0.2, 0.25) is 0 Å². The van der Waals surface area contributed by atoms with Crippen LogP contribution in [0.4, 0.5) is 0 Å². The molecule has 0 aromatic carbocycles. The standard InChI is InChI=1S/C17H28N6O/c1-5-23-13(3)16(12(2)20-23)9-18-15-7-6-8-22(10-15)11-17-19-14(4)24-21-17/h15,18H,5-11H2,1-4H3/t15-/m0/s1. The first-order valence-corrected chi connectivity index (χ1v) is 8.84. The number of aryl methyl sites for hydroxylation is 3. The van der Waals surface area contributed by atoms with Crippen LogP contribution in [0.3, 0.4) is 0 Å². The molecule has 2 aromatic heterocycles. The molecular weight excluding hydrogens is 304 g/mol. The molecule has 7 heteroatoms. The molecule has 132 valence electrons. The van der Waals surface area contributed by atoms with Crippen molar-refractivity contribution in [2.75, 3.05) is 13.1 Å². The topological polar surface area (TPSA) is 72.0 Å². The summed E-state index contributed by atoms with van der Waals surface area (Å²) in [6, 6.07) is 0.496. The van der Waals surface area contributed by atoms with Gasteiger partial charge in [-0.3, -0.25) is 9.58 Å². The van der Waals surface area contributed by atoms with E-state index in [-0.39, 0.29) is 0 Å². The van der Waals surface area contributed by atoms with Gasteiger partial charge in [0.1, 0.15) is 0 Å². The second-order valence-electron chi connectivity index (χ2n) is 6.65. The van der Waals surface area contributed by atoms with Gasteiger partial charge in [-0.25, -0.2) is 0 Å². The van der Waals surface area contributed by atoms with Crippen molar-refractivity contribution in [3.05, 3.63) is 28.7 Å². The number of hydrogen-bond acceptors (Lipinski definition) is 6. The molecule has 0 unspecified atom stereocenters. The number of nitrogens with zero attached hydrogens (tertiary/aromatic N) is 5. The lowest BCUT2D eigenvalue weighted by Gasteiger charge is -2.32. The number of rotatable bonds is 6. The van der Waals surface area contributed by atoms with Crippen molar-refractivity contribution < 1.29 is 4.52 Å². The number of hydrogen-bond donors (Lipinski definition) is 1. The largest absolute Gasteiger partial charge is 0.340 e. The van der Waals surface area contributed by atoms with Gasteiger partial charge in [0.25, 0.3) is 0 Å². The smallest absolute Gasteiger partial charge is 0.223 e. The van der Waals surface area contributed by atoms with Crippen LogP contribution in [0.1, 0.15) is 48.4 Å². The van der Waals surface area contributed by atoms with E-state index >= 15 is 0 Å². The minimum absolute atomic E-state index is 0.496. The highest BCUT2D eigenvalue weighted by Gasteiger charge is 2.22. The van der Waals surface area contributed by atoms with Crippen molar-refractivity contribution >= 4 is 0 Å². The average Bonchev–Trinajstić information content (AvgIpc) is 3.09. The van der Waals surface area contributed by atoms with Gasteiger partial charge in [-0.05, 0) is 40.2 Å². The number of piperidine rings is 1. The zero-order valence-electron chi connectivity index (χ0n) is 15.2. The Kier molecular flexibility index (Phi) is 5.30. The van der Waals surface area contributed by atoms with Crippen LogP contribution in [0, 0.1) is 20.8 Å². The normalized spacial score (nSPS) is 19.1. The maximum Gasteiger partial charge on any atom is 0.223 e. The molecule has 2 aromatic rings. The summed E-state index contributed by atoms with van der Waals surface area (Å²) in [6.07, 6.45) is 2.41. The van der Waals surface area contributed by atoms with Crippen molar-refractivity contribution in [1.82, 2.24) is 30.1 Å². The van der Waals surface area contributed by atoms with Crippen molar-refractivity contribution in [2.24, 2.45) is 0 Å². The van der Waals surface area contributed by atoms with Gasteiger partial charge in [0.2, 0.25) is 5.89 Å². The fourth-order valence-electron chi connectivity index (χ4n) is 3.52. The molecule has 3 heterocycles. The Hall–Kier alpha value is -1.73. The van der Waals surface area contributed by atoms with E-state index in [9.17, 15) is 0 Å². The lowest BCUT2D eigenvalue weighted by atomic mass is 10.0. The third-order valence-corrected chi connectivity index (χ3v) is 4.84. The molecule has 1 N–H and O–H groups in total. The zero-order chi connectivity index (χ0) is 17.1. The molecule has 3 rings (SSSR count). The monoisotopic (exact) mass is 332 g/mol. The predicted molar refractivity (Wildman–Crippen MR) is 91.5 cm³/mol. The van der Waals surface area contributed by atoms with E-state index in [2.05, 4.69) is 50.9 Å². The first kappa shape index (κ1) is 17.1. The molecule has 0 saturated carbocycles. The summed E-state index contributed by atoms with van der Waals surface area (Å²) in [7, 11) is 0. The molecule has 1 saturated heterocycles. The summed E-state index contributed by atoms with van der Waals surface area (Å²) in [4.78, 5) is 6.71. The quantitative estimate of drug-likeness (QED) is 0.872. The van der Waals surface area contributed by atoms with E-state index in [0.29, 0.717) is 11.9 Å². The van der Waals surface area contributed by atoms with Crippen molar-refractivity contribution in [1.29, 1.82) is 0 Å². The Balaban J connectivity index is 1.55. The maximum absolute atomic E-state index is 5.06. The Labute approximate surface area is 143 Å². The number of likely N-dealkylation sites (tertiary alicyclic amines) is 1. The molecule has 0 aliphatic carbocycles. The lowest BCUT2D eigenvalue weighted by Crippen LogP contribution is -2.45. The van der Waals surface area contributed by atoms with Gasteiger partial charge in [-0.2, -0.15) is 10.1 Å². The van der Waals surface area contributed by atoms with Crippen LogP contribution in [0.5, 0.6) is 0 Å². The van der Waals surface area contributed by atoms with Gasteiger partial charge in [0.05, 0.1) is 12.2 Å². The molecule has 24 heavy (non-hydrogen) atoms. The molecule has 0 spiro atoms. The highest BCUT2D eigenvalue weighted by Crippen LogP contribution is 2.16. The highest BCUT2D eigenvalue weighted by atomic mass is 16.5. The Bertz CT molecular complexity index is 677. The van der Waals surface area contributed by atoms with Crippen molar-refractivity contribution in [2.45, 2.75) is 66.2 Å². The van der Waals surface area contributed by atoms with Gasteiger partial charge in [0, 0.05) is 43.9 Å². The minimum atomic E-state index is 0.496. The van der Waals surface area contributed by atoms with Gasteiger partial charge in [-0.1, -0.05) is 5.16 Å². The van der Waals surface area contributed by atoms with E-state index in [0.717, 1.165) is 44.2 Å². The van der Waals surface area contributed by atoms with E-state index in [1.165, 1.54) is 24.1 Å². The van der Waals surface area contributed by atoms with E-state index in [1.54, 1.807) is 0 Å². The van der Waals surface area contributed by atoms with Crippen LogP contribution >= 0.6 is 0 Å². The summed E-state index contributed by atoms with van der Waals surface area (Å²) >= 11 is 0. The first-order valence-electron chi connectivity index (χ1n) is 8.84. The van der Waals surface area contributed by atoms with Crippen LogP contribution in [0.25, 0.3) is 0 Å². The van der Waals surface area contributed by atoms with Gasteiger partial charge in [0.15, 0.2) is 5.82 Å². The molecule has 1 aliphatic rings. The summed E-state index contributed by atoms with van der Waals surface area (Å²) in [5.74, 6) is 1.42. The van der Waals surface area contributed by atoms with Crippen LogP contribution < -0.4 is 5.32 Å². The summed E-state index contributed by atoms with van der Waals surface area (Å²) < 4.78 is 7.15. The van der Waals surface area contributed by atoms with E-state index < -0.39 is 0 Å². The van der Waals surface area contributed by atoms with Gasteiger partial charge in [-0.15, -0.1) is 0 Å². The fraction of sp³-hybridized carbons (Fsp3) is 0.706. The Morgan fingerprint density at radius 2 is 2.12 bits per heavy atom. The van der Waals surface area contributed by atoms with Crippen LogP contribution in [-0.4, -0.2) is 44.0 Å². The second-order valence-corrected chi connectivity index (χ2v) is 6.65. The number of aromatic nitrogens is 4. The molecule has 0 radical (unpaired) electrons. The highest BCUT2D eigenvalue weighted by molar-refractivity contribution is 5.24. The summed E-state index contributed by atoms with van der Waals surface area (Å²) in [5.41, 5.74) is 3.75. The molecule has 0 amide bonds. The molecule has 1 fully saturated rings.